The van der Waals surface area contributed by atoms with Crippen LogP contribution in [0.1, 0.15) is 12.5 Å². The lowest BCUT2D eigenvalue weighted by Crippen LogP contribution is -1.84. The van der Waals surface area contributed by atoms with Crippen LogP contribution in [0.3, 0.4) is 0 Å². The Morgan fingerprint density at radius 2 is 2.15 bits per heavy atom. The van der Waals surface area contributed by atoms with Crippen LogP contribution in [0.15, 0.2) is 23.4 Å². The molecule has 0 saturated carbocycles. The number of oxime groups is 1. The lowest BCUT2D eigenvalue weighted by Gasteiger charge is -1.97. The van der Waals surface area contributed by atoms with Crippen molar-refractivity contribution in [2.75, 3.05) is 6.61 Å². The molecular formula is C9H11NO3. The van der Waals surface area contributed by atoms with Crippen molar-refractivity contribution in [3.8, 4) is 11.5 Å². The van der Waals surface area contributed by atoms with E-state index in [9.17, 15) is 0 Å². The highest BCUT2D eigenvalue weighted by Crippen LogP contribution is 2.23. The van der Waals surface area contributed by atoms with Crippen molar-refractivity contribution in [1.29, 1.82) is 0 Å². The van der Waals surface area contributed by atoms with E-state index in [0.29, 0.717) is 12.2 Å². The quantitative estimate of drug-likeness (QED) is 0.421. The molecule has 0 heterocycles. The van der Waals surface area contributed by atoms with Gasteiger partial charge in [0.05, 0.1) is 6.21 Å². The minimum absolute atomic E-state index is 0.145. The fourth-order valence-electron chi connectivity index (χ4n) is 0.793. The molecule has 0 atom stereocenters. The highest BCUT2D eigenvalue weighted by Gasteiger charge is 1.97. The van der Waals surface area contributed by atoms with Crippen molar-refractivity contribution in [3.63, 3.8) is 0 Å². The molecule has 0 fully saturated rings. The number of nitrogens with zero attached hydrogens (tertiary/aromatic N) is 1. The Balaban J connectivity index is 2.73. The molecule has 0 unspecified atom stereocenters. The van der Waals surface area contributed by atoms with Gasteiger partial charge in [-0.3, -0.25) is 0 Å². The van der Waals surface area contributed by atoms with Crippen LogP contribution in [0, 0.1) is 0 Å². The average molecular weight is 181 g/mol. The van der Waals surface area contributed by atoms with E-state index in [1.807, 2.05) is 6.92 Å². The highest BCUT2D eigenvalue weighted by molar-refractivity contribution is 5.80. The Morgan fingerprint density at radius 3 is 2.77 bits per heavy atom. The van der Waals surface area contributed by atoms with Gasteiger partial charge in [-0.1, -0.05) is 5.16 Å². The molecule has 0 spiro atoms. The van der Waals surface area contributed by atoms with Crippen molar-refractivity contribution in [1.82, 2.24) is 0 Å². The first-order valence-electron chi connectivity index (χ1n) is 3.91. The zero-order valence-corrected chi connectivity index (χ0v) is 7.27. The van der Waals surface area contributed by atoms with Gasteiger partial charge in [0.1, 0.15) is 6.61 Å². The van der Waals surface area contributed by atoms with Crippen LogP contribution in [0.25, 0.3) is 0 Å². The van der Waals surface area contributed by atoms with E-state index in [1.54, 1.807) is 6.07 Å². The van der Waals surface area contributed by atoms with Crippen molar-refractivity contribution < 1.29 is 15.1 Å². The fourth-order valence-corrected chi connectivity index (χ4v) is 0.793. The molecule has 0 aliphatic carbocycles. The van der Waals surface area contributed by atoms with Crippen molar-refractivity contribution >= 4 is 6.21 Å². The molecule has 1 aromatic carbocycles. The summed E-state index contributed by atoms with van der Waals surface area (Å²) in [5.74, 6) is -0.311. The number of hydrogen-bond donors (Lipinski definition) is 2. The van der Waals surface area contributed by atoms with E-state index >= 15 is 0 Å². The normalized spacial score (nSPS) is 10.5. The maximum absolute atomic E-state index is 9.10. The van der Waals surface area contributed by atoms with Crippen LogP contribution in [-0.4, -0.2) is 23.0 Å². The van der Waals surface area contributed by atoms with E-state index in [-0.39, 0.29) is 11.5 Å². The average Bonchev–Trinajstić information content (AvgIpc) is 2.12. The third kappa shape index (κ3) is 2.66. The number of benzene rings is 1. The van der Waals surface area contributed by atoms with E-state index in [1.165, 1.54) is 18.3 Å². The van der Waals surface area contributed by atoms with Gasteiger partial charge < -0.3 is 15.1 Å². The van der Waals surface area contributed by atoms with Gasteiger partial charge >= 0.3 is 0 Å². The summed E-state index contributed by atoms with van der Waals surface area (Å²) in [5.41, 5.74) is 0.670. The van der Waals surface area contributed by atoms with E-state index in [2.05, 4.69) is 5.16 Å². The molecule has 13 heavy (non-hydrogen) atoms. The first-order valence-corrected chi connectivity index (χ1v) is 3.91. The van der Waals surface area contributed by atoms with Crippen LogP contribution in [0.2, 0.25) is 0 Å². The molecule has 0 aliphatic rings. The summed E-state index contributed by atoms with van der Waals surface area (Å²) in [6.45, 7) is 2.33. The Kier molecular flexibility index (Phi) is 3.14. The number of aromatic hydroxyl groups is 2. The maximum atomic E-state index is 9.10. The molecule has 4 nitrogen and oxygen atoms in total. The molecular weight excluding hydrogens is 170 g/mol. The van der Waals surface area contributed by atoms with Crippen molar-refractivity contribution in [2.24, 2.45) is 5.16 Å². The number of hydrogen-bond acceptors (Lipinski definition) is 4. The molecule has 0 saturated heterocycles. The number of phenols is 2. The van der Waals surface area contributed by atoms with Gasteiger partial charge in [0.25, 0.3) is 0 Å². The van der Waals surface area contributed by atoms with Crippen LogP contribution < -0.4 is 0 Å². The van der Waals surface area contributed by atoms with Gasteiger partial charge in [0, 0.05) is 0 Å². The minimum atomic E-state index is -0.166. The first kappa shape index (κ1) is 9.38. The summed E-state index contributed by atoms with van der Waals surface area (Å²) in [4.78, 5) is 4.73. The van der Waals surface area contributed by atoms with Crippen LogP contribution in [-0.2, 0) is 4.84 Å². The van der Waals surface area contributed by atoms with Crippen molar-refractivity contribution in [2.45, 2.75) is 6.92 Å². The Morgan fingerprint density at radius 1 is 1.38 bits per heavy atom. The summed E-state index contributed by atoms with van der Waals surface area (Å²) in [6, 6.07) is 4.41. The molecule has 0 aromatic heterocycles. The molecule has 2 N–H and O–H groups in total. The molecule has 4 heteroatoms. The molecule has 1 aromatic rings. The number of phenolic OH excluding ortho intramolecular Hbond substituents is 2. The van der Waals surface area contributed by atoms with Gasteiger partial charge in [-0.05, 0) is 30.7 Å². The first-order chi connectivity index (χ1) is 6.24. The molecule has 70 valence electrons. The van der Waals surface area contributed by atoms with Gasteiger partial charge in [-0.15, -0.1) is 0 Å². The zero-order valence-electron chi connectivity index (χ0n) is 7.27. The van der Waals surface area contributed by atoms with Gasteiger partial charge in [-0.25, -0.2) is 0 Å². The Hall–Kier alpha value is -1.71. The van der Waals surface area contributed by atoms with E-state index < -0.39 is 0 Å². The molecule has 1 rings (SSSR count). The van der Waals surface area contributed by atoms with Gasteiger partial charge in [0.2, 0.25) is 0 Å². The molecule has 0 aliphatic heterocycles. The second-order valence-corrected chi connectivity index (χ2v) is 2.40. The summed E-state index contributed by atoms with van der Waals surface area (Å²) in [7, 11) is 0. The Bertz CT molecular complexity index is 310. The summed E-state index contributed by atoms with van der Waals surface area (Å²) in [6.07, 6.45) is 1.46. The SMILES string of the molecule is CCO/N=C/c1ccc(O)c(O)c1. The van der Waals surface area contributed by atoms with E-state index in [4.69, 9.17) is 15.1 Å². The monoisotopic (exact) mass is 181 g/mol. The van der Waals surface area contributed by atoms with Gasteiger partial charge in [-0.2, -0.15) is 0 Å². The van der Waals surface area contributed by atoms with Crippen LogP contribution in [0.5, 0.6) is 11.5 Å². The summed E-state index contributed by atoms with van der Waals surface area (Å²) < 4.78 is 0. The minimum Gasteiger partial charge on any atom is -0.504 e. The maximum Gasteiger partial charge on any atom is 0.158 e. The highest BCUT2D eigenvalue weighted by atomic mass is 16.6. The predicted octanol–water partition coefficient (Wildman–Crippen LogP) is 1.47. The van der Waals surface area contributed by atoms with Crippen LogP contribution >= 0.6 is 0 Å². The van der Waals surface area contributed by atoms with Gasteiger partial charge in [0.15, 0.2) is 11.5 Å². The largest absolute Gasteiger partial charge is 0.504 e. The smallest absolute Gasteiger partial charge is 0.158 e. The van der Waals surface area contributed by atoms with Crippen LogP contribution in [0.4, 0.5) is 0 Å². The molecule has 0 amide bonds. The van der Waals surface area contributed by atoms with Crippen molar-refractivity contribution in [3.05, 3.63) is 23.8 Å². The third-order valence-corrected chi connectivity index (χ3v) is 1.40. The second-order valence-electron chi connectivity index (χ2n) is 2.40. The predicted molar refractivity (Wildman–Crippen MR) is 49.0 cm³/mol. The third-order valence-electron chi connectivity index (χ3n) is 1.40. The summed E-state index contributed by atoms with van der Waals surface area (Å²) in [5, 5.41) is 21.7. The zero-order chi connectivity index (χ0) is 9.68. The number of rotatable bonds is 3. The Labute approximate surface area is 76.1 Å². The topological polar surface area (TPSA) is 62.0 Å². The van der Waals surface area contributed by atoms with E-state index in [0.717, 1.165) is 0 Å². The molecule has 0 bridgehead atoms. The summed E-state index contributed by atoms with van der Waals surface area (Å²) >= 11 is 0. The molecule has 0 radical (unpaired) electrons. The lowest BCUT2D eigenvalue weighted by atomic mass is 10.2. The lowest BCUT2D eigenvalue weighted by molar-refractivity contribution is 0.160. The fraction of sp³-hybridized carbons (Fsp3) is 0.222. The standard InChI is InChI=1S/C9H11NO3/c1-2-13-10-6-7-3-4-8(11)9(12)5-7/h3-6,11-12H,2H2,1H3/b10-6+. The second kappa shape index (κ2) is 4.35.